The van der Waals surface area contributed by atoms with E-state index in [1.54, 1.807) is 6.20 Å². The van der Waals surface area contributed by atoms with Crippen LogP contribution in [0.1, 0.15) is 51.1 Å². The third-order valence-corrected chi connectivity index (χ3v) is 7.75. The fourth-order valence-electron chi connectivity index (χ4n) is 6.41. The normalized spacial score (nSPS) is 33.4. The van der Waals surface area contributed by atoms with Crippen molar-refractivity contribution in [1.29, 1.82) is 0 Å². The Hall–Kier alpha value is -1.41. The van der Waals surface area contributed by atoms with E-state index in [0.29, 0.717) is 28.1 Å². The number of carbonyl (C=O) groups excluding carboxylic acids is 1. The van der Waals surface area contributed by atoms with E-state index in [1.165, 1.54) is 6.42 Å². The van der Waals surface area contributed by atoms with Gasteiger partial charge in [0.15, 0.2) is 0 Å². The first-order valence-corrected chi connectivity index (χ1v) is 11.2. The number of aromatic nitrogens is 5. The van der Waals surface area contributed by atoms with Crippen LogP contribution in [0, 0.1) is 17.3 Å². The zero-order valence-corrected chi connectivity index (χ0v) is 18.2. The highest BCUT2D eigenvalue weighted by molar-refractivity contribution is 9.10. The van der Waals surface area contributed by atoms with E-state index in [9.17, 15) is 4.79 Å². The average molecular weight is 468 g/mol. The van der Waals surface area contributed by atoms with Gasteiger partial charge in [-0.3, -0.25) is 9.48 Å². The molecular weight excluding hydrogens is 444 g/mol. The molecule has 4 aliphatic carbocycles. The van der Waals surface area contributed by atoms with E-state index in [2.05, 4.69) is 36.4 Å². The fraction of sp³-hybridized carbons (Fsp3) is 0.684. The number of rotatable bonds is 5. The lowest BCUT2D eigenvalue weighted by molar-refractivity contribution is -0.156. The van der Waals surface area contributed by atoms with Gasteiger partial charge in [0.1, 0.15) is 6.33 Å². The lowest BCUT2D eigenvalue weighted by Crippen LogP contribution is -2.61. The number of halogens is 2. The minimum absolute atomic E-state index is 0.0801. The maximum atomic E-state index is 13.4. The van der Waals surface area contributed by atoms with Crippen LogP contribution in [0.2, 0.25) is 5.02 Å². The van der Waals surface area contributed by atoms with Crippen LogP contribution in [0.4, 0.5) is 0 Å². The van der Waals surface area contributed by atoms with Crippen LogP contribution in [-0.4, -0.2) is 30.5 Å². The Morgan fingerprint density at radius 3 is 2.75 bits per heavy atom. The minimum Gasteiger partial charge on any atom is -0.350 e. The molecule has 4 saturated carbocycles. The maximum absolute atomic E-state index is 13.4. The SMILES string of the molecule is CCn1ncc(Cl)c1CNC(=O)C12CC3CC(C1)CC(n1cnc(Br)n1)(C3)C2. The molecule has 4 bridgehead atoms. The molecule has 6 rings (SSSR count). The summed E-state index contributed by atoms with van der Waals surface area (Å²) in [4.78, 5) is 17.7. The monoisotopic (exact) mass is 466 g/mol. The van der Waals surface area contributed by atoms with Crippen LogP contribution in [0.5, 0.6) is 0 Å². The van der Waals surface area contributed by atoms with Crippen molar-refractivity contribution in [3.05, 3.63) is 28.0 Å². The molecule has 0 aromatic carbocycles. The van der Waals surface area contributed by atoms with Gasteiger partial charge in [-0.1, -0.05) is 11.6 Å². The molecule has 7 nitrogen and oxygen atoms in total. The standard InChI is InChI=1S/C19H24BrClN6O/c1-2-26-15(14(21)8-24-26)9-22-16(28)18-4-12-3-13(5-18)7-19(6-12,10-18)27-11-23-17(20)25-27/h8,11-13H,2-7,9-10H2,1H3,(H,22,28). The van der Waals surface area contributed by atoms with Gasteiger partial charge in [0.2, 0.25) is 10.6 Å². The molecule has 2 heterocycles. The van der Waals surface area contributed by atoms with Crippen molar-refractivity contribution in [2.75, 3.05) is 0 Å². The van der Waals surface area contributed by atoms with Crippen molar-refractivity contribution in [3.8, 4) is 0 Å². The Kier molecular flexibility index (Phi) is 4.36. The predicted molar refractivity (Wildman–Crippen MR) is 108 cm³/mol. The van der Waals surface area contributed by atoms with E-state index in [1.807, 2.05) is 22.6 Å². The van der Waals surface area contributed by atoms with Gasteiger partial charge in [-0.15, -0.1) is 5.10 Å². The van der Waals surface area contributed by atoms with Crippen molar-refractivity contribution in [1.82, 2.24) is 29.9 Å². The molecule has 0 saturated heterocycles. The molecule has 2 aromatic heterocycles. The number of nitrogens with zero attached hydrogens (tertiary/aromatic N) is 5. The molecule has 150 valence electrons. The van der Waals surface area contributed by atoms with Crippen molar-refractivity contribution >= 4 is 33.4 Å². The second kappa shape index (κ2) is 6.55. The molecule has 2 atom stereocenters. The molecule has 1 amide bonds. The Labute approximate surface area is 177 Å². The van der Waals surface area contributed by atoms with Gasteiger partial charge >= 0.3 is 0 Å². The predicted octanol–water partition coefficient (Wildman–Crippen LogP) is 3.52. The van der Waals surface area contributed by atoms with E-state index in [0.717, 1.165) is 44.3 Å². The third kappa shape index (κ3) is 2.83. The van der Waals surface area contributed by atoms with E-state index >= 15 is 0 Å². The quantitative estimate of drug-likeness (QED) is 0.730. The number of amides is 1. The first-order chi connectivity index (χ1) is 13.4. The van der Waals surface area contributed by atoms with Crippen molar-refractivity contribution in [2.45, 2.75) is 64.1 Å². The van der Waals surface area contributed by atoms with Crippen LogP contribution < -0.4 is 5.32 Å². The molecule has 0 aliphatic heterocycles. The first kappa shape index (κ1) is 18.6. The zero-order chi connectivity index (χ0) is 19.5. The van der Waals surface area contributed by atoms with Gasteiger partial charge in [-0.2, -0.15) is 5.10 Å². The summed E-state index contributed by atoms with van der Waals surface area (Å²) >= 11 is 9.65. The summed E-state index contributed by atoms with van der Waals surface area (Å²) in [5.74, 6) is 1.32. The van der Waals surface area contributed by atoms with Crippen LogP contribution in [0.3, 0.4) is 0 Å². The Morgan fingerprint density at radius 1 is 1.36 bits per heavy atom. The molecule has 1 N–H and O–H groups in total. The van der Waals surface area contributed by atoms with Crippen LogP contribution >= 0.6 is 27.5 Å². The molecule has 4 fully saturated rings. The number of aryl methyl sites for hydroxylation is 1. The summed E-state index contributed by atoms with van der Waals surface area (Å²) in [6.45, 7) is 3.18. The Balaban J connectivity index is 1.40. The lowest BCUT2D eigenvalue weighted by atomic mass is 9.46. The highest BCUT2D eigenvalue weighted by Gasteiger charge is 2.61. The summed E-state index contributed by atoms with van der Waals surface area (Å²) < 4.78 is 4.49. The van der Waals surface area contributed by atoms with E-state index in [-0.39, 0.29) is 16.9 Å². The third-order valence-electron chi connectivity index (χ3n) is 7.08. The molecule has 9 heteroatoms. The van der Waals surface area contributed by atoms with Crippen LogP contribution in [-0.2, 0) is 23.4 Å². The van der Waals surface area contributed by atoms with Gasteiger partial charge in [0.05, 0.1) is 34.4 Å². The fourth-order valence-corrected chi connectivity index (χ4v) is 6.88. The van der Waals surface area contributed by atoms with Crippen LogP contribution in [0.15, 0.2) is 17.3 Å². The summed E-state index contributed by atoms with van der Waals surface area (Å²) in [6, 6.07) is 0. The highest BCUT2D eigenvalue weighted by Crippen LogP contribution is 2.64. The van der Waals surface area contributed by atoms with Crippen molar-refractivity contribution in [3.63, 3.8) is 0 Å². The average Bonchev–Trinajstić information content (AvgIpc) is 3.24. The molecule has 2 aromatic rings. The number of hydrogen-bond donors (Lipinski definition) is 1. The Morgan fingerprint density at radius 2 is 2.11 bits per heavy atom. The van der Waals surface area contributed by atoms with Gasteiger partial charge in [0.25, 0.3) is 0 Å². The lowest BCUT2D eigenvalue weighted by Gasteiger charge is -2.60. The smallest absolute Gasteiger partial charge is 0.226 e. The summed E-state index contributed by atoms with van der Waals surface area (Å²) in [7, 11) is 0. The van der Waals surface area contributed by atoms with Crippen molar-refractivity contribution in [2.24, 2.45) is 17.3 Å². The van der Waals surface area contributed by atoms with Gasteiger partial charge < -0.3 is 5.32 Å². The molecule has 28 heavy (non-hydrogen) atoms. The minimum atomic E-state index is -0.313. The molecule has 0 radical (unpaired) electrons. The first-order valence-electron chi connectivity index (χ1n) is 9.99. The molecule has 4 aliphatic rings. The topological polar surface area (TPSA) is 77.6 Å². The molecular formula is C19H24BrClN6O. The zero-order valence-electron chi connectivity index (χ0n) is 15.9. The summed E-state index contributed by atoms with van der Waals surface area (Å²) in [6.07, 6.45) is 9.71. The molecule has 2 unspecified atom stereocenters. The molecule has 0 spiro atoms. The van der Waals surface area contributed by atoms with E-state index in [4.69, 9.17) is 11.6 Å². The van der Waals surface area contributed by atoms with Gasteiger partial charge in [-0.25, -0.2) is 9.67 Å². The highest BCUT2D eigenvalue weighted by atomic mass is 79.9. The summed E-state index contributed by atoms with van der Waals surface area (Å²) in [5.41, 5.74) is 0.479. The number of carbonyl (C=O) groups is 1. The summed E-state index contributed by atoms with van der Waals surface area (Å²) in [5, 5.41) is 12.6. The second-order valence-corrected chi connectivity index (χ2v) is 9.98. The number of nitrogens with one attached hydrogen (secondary N) is 1. The maximum Gasteiger partial charge on any atom is 0.226 e. The number of hydrogen-bond acceptors (Lipinski definition) is 4. The van der Waals surface area contributed by atoms with Gasteiger partial charge in [-0.05, 0) is 73.2 Å². The second-order valence-electron chi connectivity index (χ2n) is 8.86. The largest absolute Gasteiger partial charge is 0.350 e. The van der Waals surface area contributed by atoms with Gasteiger partial charge in [0, 0.05) is 6.54 Å². The van der Waals surface area contributed by atoms with E-state index < -0.39 is 0 Å². The van der Waals surface area contributed by atoms with Crippen LogP contribution in [0.25, 0.3) is 0 Å². The van der Waals surface area contributed by atoms with Crippen molar-refractivity contribution < 1.29 is 4.79 Å². The Bertz CT molecular complexity index is 909.